The molecule has 0 spiro atoms. The lowest BCUT2D eigenvalue weighted by molar-refractivity contribution is 0.0983. The van der Waals surface area contributed by atoms with Crippen LogP contribution in [0.3, 0.4) is 0 Å². The first-order chi connectivity index (χ1) is 19.8. The van der Waals surface area contributed by atoms with Gasteiger partial charge in [-0.2, -0.15) is 5.10 Å². The Balaban J connectivity index is 1.39. The van der Waals surface area contributed by atoms with Gasteiger partial charge in [-0.25, -0.2) is 0 Å². The SMILES string of the molecule is CCc1cc2nccc(Oc3ccc(CC(=O)c4nn(C(C)C)cc(-c5ccc(C)cc5)c4=O)nc3)c2cc1OC. The number of methoxy groups -OCH3 is 1. The summed E-state index contributed by atoms with van der Waals surface area (Å²) < 4.78 is 13.3. The number of pyridine rings is 2. The Morgan fingerprint density at radius 3 is 2.44 bits per heavy atom. The van der Waals surface area contributed by atoms with E-state index in [4.69, 9.17) is 9.47 Å². The zero-order chi connectivity index (χ0) is 29.1. The summed E-state index contributed by atoms with van der Waals surface area (Å²) in [6, 6.07) is 16.8. The van der Waals surface area contributed by atoms with Crippen molar-refractivity contribution in [1.29, 1.82) is 0 Å². The molecule has 3 heterocycles. The highest BCUT2D eigenvalue weighted by Gasteiger charge is 2.20. The van der Waals surface area contributed by atoms with E-state index >= 15 is 0 Å². The Labute approximate surface area is 238 Å². The Kier molecular flexibility index (Phi) is 7.92. The average molecular weight is 549 g/mol. The number of rotatable bonds is 9. The third-order valence-corrected chi connectivity index (χ3v) is 6.94. The van der Waals surface area contributed by atoms with Gasteiger partial charge in [0.25, 0.3) is 0 Å². The number of aromatic nitrogens is 4. The summed E-state index contributed by atoms with van der Waals surface area (Å²) in [5, 5.41) is 5.21. The number of hydrogen-bond acceptors (Lipinski definition) is 7. The molecule has 208 valence electrons. The van der Waals surface area contributed by atoms with E-state index in [1.807, 2.05) is 57.2 Å². The summed E-state index contributed by atoms with van der Waals surface area (Å²) >= 11 is 0. The van der Waals surface area contributed by atoms with Crippen molar-refractivity contribution in [1.82, 2.24) is 19.7 Å². The molecule has 0 radical (unpaired) electrons. The molecular formula is C33H32N4O4. The number of fused-ring (bicyclic) bond motifs is 1. The molecule has 0 aliphatic carbocycles. The van der Waals surface area contributed by atoms with Crippen LogP contribution in [0.25, 0.3) is 22.0 Å². The predicted octanol–water partition coefficient (Wildman–Crippen LogP) is 6.53. The van der Waals surface area contributed by atoms with E-state index in [1.54, 1.807) is 48.6 Å². The van der Waals surface area contributed by atoms with Crippen LogP contribution in [0.15, 0.2) is 78.0 Å². The van der Waals surface area contributed by atoms with Gasteiger partial charge in [-0.1, -0.05) is 36.8 Å². The van der Waals surface area contributed by atoms with Gasteiger partial charge in [0.15, 0.2) is 11.5 Å². The highest BCUT2D eigenvalue weighted by Crippen LogP contribution is 2.33. The van der Waals surface area contributed by atoms with Crippen LogP contribution in [0.5, 0.6) is 17.2 Å². The molecule has 0 fully saturated rings. The van der Waals surface area contributed by atoms with Crippen LogP contribution in [0.2, 0.25) is 0 Å². The van der Waals surface area contributed by atoms with Crippen molar-refractivity contribution < 1.29 is 14.3 Å². The minimum atomic E-state index is -0.390. The molecule has 0 bridgehead atoms. The third-order valence-electron chi connectivity index (χ3n) is 6.94. The van der Waals surface area contributed by atoms with Crippen LogP contribution in [0, 0.1) is 6.92 Å². The number of carbonyl (C=O) groups is 1. The van der Waals surface area contributed by atoms with Gasteiger partial charge in [0.2, 0.25) is 5.43 Å². The molecule has 41 heavy (non-hydrogen) atoms. The maximum Gasteiger partial charge on any atom is 0.219 e. The largest absolute Gasteiger partial charge is 0.496 e. The second-order valence-electron chi connectivity index (χ2n) is 10.2. The average Bonchev–Trinajstić information content (AvgIpc) is 2.98. The van der Waals surface area contributed by atoms with Gasteiger partial charge < -0.3 is 9.47 Å². The second-order valence-corrected chi connectivity index (χ2v) is 10.2. The Hall–Kier alpha value is -4.85. The topological polar surface area (TPSA) is 96.2 Å². The Morgan fingerprint density at radius 2 is 1.78 bits per heavy atom. The lowest BCUT2D eigenvalue weighted by Gasteiger charge is -2.14. The van der Waals surface area contributed by atoms with Crippen molar-refractivity contribution in [2.45, 2.75) is 46.6 Å². The molecule has 0 saturated heterocycles. The predicted molar refractivity (Wildman–Crippen MR) is 159 cm³/mol. The number of hydrogen-bond donors (Lipinski definition) is 0. The standard InChI is InChI=1S/C33H32N4O4/c1-6-22-15-28-26(17-31(22)40-5)30(13-14-34-28)41-25-12-11-24(35-18-25)16-29(38)32-33(39)27(19-37(36-32)20(2)3)23-9-7-21(4)8-10-23/h7-15,17-20H,6,16H2,1-5H3. The van der Waals surface area contributed by atoms with E-state index in [9.17, 15) is 9.59 Å². The summed E-state index contributed by atoms with van der Waals surface area (Å²) in [5.41, 5.74) is 4.18. The molecular weight excluding hydrogens is 516 g/mol. The molecule has 3 aromatic heterocycles. The summed E-state index contributed by atoms with van der Waals surface area (Å²) in [6.45, 7) is 7.96. The molecule has 0 unspecified atom stereocenters. The van der Waals surface area contributed by atoms with Crippen molar-refractivity contribution in [2.75, 3.05) is 7.11 Å². The third kappa shape index (κ3) is 5.87. The van der Waals surface area contributed by atoms with Crippen LogP contribution in [0.4, 0.5) is 0 Å². The molecule has 8 nitrogen and oxygen atoms in total. The maximum absolute atomic E-state index is 13.4. The molecule has 5 rings (SSSR count). The zero-order valence-corrected chi connectivity index (χ0v) is 23.8. The van der Waals surface area contributed by atoms with E-state index < -0.39 is 5.78 Å². The fourth-order valence-corrected chi connectivity index (χ4v) is 4.59. The first kappa shape index (κ1) is 27.7. The van der Waals surface area contributed by atoms with Crippen molar-refractivity contribution in [2.24, 2.45) is 0 Å². The number of aryl methyl sites for hydroxylation is 2. The number of ketones is 1. The molecule has 8 heteroatoms. The number of carbonyl (C=O) groups excluding carboxylic acids is 1. The highest BCUT2D eigenvalue weighted by atomic mass is 16.5. The van der Waals surface area contributed by atoms with Crippen molar-refractivity contribution >= 4 is 16.7 Å². The minimum absolute atomic E-state index is 0.0290. The Morgan fingerprint density at radius 1 is 1.00 bits per heavy atom. The van der Waals surface area contributed by atoms with Gasteiger partial charge in [-0.3, -0.25) is 24.2 Å². The number of nitrogens with zero attached hydrogens (tertiary/aromatic N) is 4. The van der Waals surface area contributed by atoms with Gasteiger partial charge >= 0.3 is 0 Å². The molecule has 0 aliphatic rings. The van der Waals surface area contributed by atoms with Crippen molar-refractivity contribution in [3.05, 3.63) is 106 Å². The molecule has 0 aliphatic heterocycles. The van der Waals surface area contributed by atoms with E-state index in [2.05, 4.69) is 22.0 Å². The molecule has 5 aromatic rings. The van der Waals surface area contributed by atoms with Crippen LogP contribution >= 0.6 is 0 Å². The normalized spacial score (nSPS) is 11.2. The maximum atomic E-state index is 13.4. The summed E-state index contributed by atoms with van der Waals surface area (Å²) in [5.74, 6) is 1.52. The van der Waals surface area contributed by atoms with E-state index in [1.165, 1.54) is 0 Å². The summed E-state index contributed by atoms with van der Waals surface area (Å²) in [7, 11) is 1.65. The number of Topliss-reactive ketones (excluding diaryl/α,β-unsaturated/α-hetero) is 1. The zero-order valence-electron chi connectivity index (χ0n) is 23.8. The fourth-order valence-electron chi connectivity index (χ4n) is 4.59. The fraction of sp³-hybridized carbons (Fsp3) is 0.242. The van der Waals surface area contributed by atoms with Crippen LogP contribution in [-0.4, -0.2) is 32.6 Å². The van der Waals surface area contributed by atoms with Gasteiger partial charge in [-0.05, 0) is 68.7 Å². The Bertz CT molecular complexity index is 1780. The van der Waals surface area contributed by atoms with Crippen LogP contribution in [0.1, 0.15) is 54.1 Å². The van der Waals surface area contributed by atoms with Gasteiger partial charge in [-0.15, -0.1) is 0 Å². The van der Waals surface area contributed by atoms with E-state index in [0.717, 1.165) is 39.8 Å². The second kappa shape index (κ2) is 11.7. The molecule has 0 amide bonds. The first-order valence-corrected chi connectivity index (χ1v) is 13.6. The number of ether oxygens (including phenoxy) is 2. The summed E-state index contributed by atoms with van der Waals surface area (Å²) in [4.78, 5) is 35.6. The van der Waals surface area contributed by atoms with Gasteiger partial charge in [0.05, 0.1) is 25.2 Å². The molecule has 0 N–H and O–H groups in total. The van der Waals surface area contributed by atoms with Crippen molar-refractivity contribution in [3.63, 3.8) is 0 Å². The van der Waals surface area contributed by atoms with Gasteiger partial charge in [0.1, 0.15) is 17.2 Å². The molecule has 2 aromatic carbocycles. The van der Waals surface area contributed by atoms with Crippen molar-refractivity contribution in [3.8, 4) is 28.4 Å². The number of benzene rings is 2. The summed E-state index contributed by atoms with van der Waals surface area (Å²) in [6.07, 6.45) is 5.74. The lowest BCUT2D eigenvalue weighted by atomic mass is 10.0. The van der Waals surface area contributed by atoms with Gasteiger partial charge in [0, 0.05) is 35.1 Å². The minimum Gasteiger partial charge on any atom is -0.496 e. The van der Waals surface area contributed by atoms with Crippen LogP contribution in [-0.2, 0) is 12.8 Å². The lowest BCUT2D eigenvalue weighted by Crippen LogP contribution is -2.25. The first-order valence-electron chi connectivity index (χ1n) is 13.6. The van der Waals surface area contributed by atoms with E-state index in [0.29, 0.717) is 22.8 Å². The molecule has 0 atom stereocenters. The molecule has 0 saturated carbocycles. The van der Waals surface area contributed by atoms with Crippen LogP contribution < -0.4 is 14.9 Å². The quantitative estimate of drug-likeness (QED) is 0.193. The monoisotopic (exact) mass is 548 g/mol. The smallest absolute Gasteiger partial charge is 0.219 e. The van der Waals surface area contributed by atoms with E-state index in [-0.39, 0.29) is 23.6 Å². The highest BCUT2D eigenvalue weighted by molar-refractivity contribution is 5.96.